The van der Waals surface area contributed by atoms with Crippen LogP contribution in [0, 0.1) is 12.3 Å². The Labute approximate surface area is 85.5 Å². The molecule has 0 amide bonds. The Morgan fingerprint density at radius 3 is 3.21 bits per heavy atom. The quantitative estimate of drug-likeness (QED) is 0.544. The first kappa shape index (κ1) is 10.8. The fourth-order valence-corrected chi connectivity index (χ4v) is 1.28. The molecule has 0 aliphatic heterocycles. The third-order valence-electron chi connectivity index (χ3n) is 2.01. The molecule has 0 atom stereocenters. The molecule has 1 aromatic rings. The SMILES string of the molecule is C#CCCn1nccc1CNCCC. The topological polar surface area (TPSA) is 29.9 Å². The smallest absolute Gasteiger partial charge is 0.0522 e. The van der Waals surface area contributed by atoms with Crippen LogP contribution in [0.1, 0.15) is 25.5 Å². The Hall–Kier alpha value is -1.27. The fraction of sp³-hybridized carbons (Fsp3) is 0.545. The van der Waals surface area contributed by atoms with E-state index in [0.29, 0.717) is 0 Å². The summed E-state index contributed by atoms with van der Waals surface area (Å²) in [6, 6.07) is 2.03. The molecule has 0 unspecified atom stereocenters. The highest BCUT2D eigenvalue weighted by molar-refractivity contribution is 5.00. The van der Waals surface area contributed by atoms with E-state index in [1.165, 1.54) is 5.69 Å². The molecule has 0 saturated carbocycles. The molecule has 3 heteroatoms. The Morgan fingerprint density at radius 2 is 2.50 bits per heavy atom. The van der Waals surface area contributed by atoms with E-state index in [1.54, 1.807) is 0 Å². The van der Waals surface area contributed by atoms with Gasteiger partial charge < -0.3 is 5.32 Å². The van der Waals surface area contributed by atoms with Crippen molar-refractivity contribution in [3.63, 3.8) is 0 Å². The van der Waals surface area contributed by atoms with Gasteiger partial charge in [0.25, 0.3) is 0 Å². The molecule has 1 rings (SSSR count). The summed E-state index contributed by atoms with van der Waals surface area (Å²) in [6.45, 7) is 4.88. The summed E-state index contributed by atoms with van der Waals surface area (Å²) in [6.07, 6.45) is 8.92. The summed E-state index contributed by atoms with van der Waals surface area (Å²) >= 11 is 0. The minimum atomic E-state index is 0.739. The summed E-state index contributed by atoms with van der Waals surface area (Å²) < 4.78 is 1.96. The van der Waals surface area contributed by atoms with E-state index >= 15 is 0 Å². The van der Waals surface area contributed by atoms with Crippen molar-refractivity contribution in [2.24, 2.45) is 0 Å². The zero-order valence-corrected chi connectivity index (χ0v) is 8.66. The van der Waals surface area contributed by atoms with Crippen LogP contribution in [-0.4, -0.2) is 16.3 Å². The van der Waals surface area contributed by atoms with Gasteiger partial charge in [0.2, 0.25) is 0 Å². The maximum Gasteiger partial charge on any atom is 0.0522 e. The van der Waals surface area contributed by atoms with E-state index in [4.69, 9.17) is 6.42 Å². The average molecular weight is 191 g/mol. The van der Waals surface area contributed by atoms with Gasteiger partial charge in [-0.2, -0.15) is 5.10 Å². The predicted octanol–water partition coefficient (Wildman–Crippen LogP) is 1.41. The molecule has 0 aromatic carbocycles. The van der Waals surface area contributed by atoms with E-state index in [1.807, 2.05) is 16.9 Å². The number of terminal acetylenes is 1. The Balaban J connectivity index is 2.42. The van der Waals surface area contributed by atoms with Gasteiger partial charge in [-0.25, -0.2) is 0 Å². The van der Waals surface area contributed by atoms with Gasteiger partial charge >= 0.3 is 0 Å². The van der Waals surface area contributed by atoms with Crippen LogP contribution in [-0.2, 0) is 13.1 Å². The summed E-state index contributed by atoms with van der Waals surface area (Å²) in [5.41, 5.74) is 1.20. The normalized spacial score (nSPS) is 10.0. The first-order chi connectivity index (χ1) is 6.88. The van der Waals surface area contributed by atoms with E-state index < -0.39 is 0 Å². The molecule has 0 spiro atoms. The second-order valence-corrected chi connectivity index (χ2v) is 3.18. The molecule has 1 heterocycles. The van der Waals surface area contributed by atoms with Crippen LogP contribution in [0.2, 0.25) is 0 Å². The largest absolute Gasteiger partial charge is 0.311 e. The molecule has 1 aromatic heterocycles. The molecule has 0 aliphatic rings. The molecule has 76 valence electrons. The zero-order chi connectivity index (χ0) is 10.2. The Bertz CT molecular complexity index is 296. The summed E-state index contributed by atoms with van der Waals surface area (Å²) in [5.74, 6) is 2.62. The maximum atomic E-state index is 5.21. The van der Waals surface area contributed by atoms with Gasteiger partial charge in [-0.15, -0.1) is 12.3 Å². The lowest BCUT2D eigenvalue weighted by atomic mass is 10.3. The first-order valence-corrected chi connectivity index (χ1v) is 5.03. The molecule has 3 nitrogen and oxygen atoms in total. The average Bonchev–Trinajstić information content (AvgIpc) is 2.63. The van der Waals surface area contributed by atoms with Crippen LogP contribution >= 0.6 is 0 Å². The minimum Gasteiger partial charge on any atom is -0.311 e. The molecule has 1 N–H and O–H groups in total. The number of aromatic nitrogens is 2. The molecular formula is C11H17N3. The number of hydrogen-bond donors (Lipinski definition) is 1. The number of aryl methyl sites for hydroxylation is 1. The predicted molar refractivity (Wildman–Crippen MR) is 57.7 cm³/mol. The zero-order valence-electron chi connectivity index (χ0n) is 8.66. The standard InChI is InChI=1S/C11H17N3/c1-3-5-9-14-11(6-8-13-14)10-12-7-4-2/h1,6,8,12H,4-5,7,9-10H2,2H3. The van der Waals surface area contributed by atoms with Crippen molar-refractivity contribution in [2.45, 2.75) is 32.9 Å². The molecule has 14 heavy (non-hydrogen) atoms. The van der Waals surface area contributed by atoms with Crippen molar-refractivity contribution < 1.29 is 0 Å². The molecule has 0 fully saturated rings. The third kappa shape index (κ3) is 3.23. The van der Waals surface area contributed by atoms with Crippen molar-refractivity contribution in [3.05, 3.63) is 18.0 Å². The first-order valence-electron chi connectivity index (χ1n) is 5.03. The molecule has 0 bridgehead atoms. The van der Waals surface area contributed by atoms with Gasteiger partial charge in [0.05, 0.1) is 12.2 Å². The minimum absolute atomic E-state index is 0.739. The van der Waals surface area contributed by atoms with Gasteiger partial charge in [-0.3, -0.25) is 4.68 Å². The van der Waals surface area contributed by atoms with Crippen LogP contribution < -0.4 is 5.32 Å². The highest BCUT2D eigenvalue weighted by Crippen LogP contribution is 1.99. The lowest BCUT2D eigenvalue weighted by Crippen LogP contribution is -2.17. The Morgan fingerprint density at radius 1 is 1.64 bits per heavy atom. The summed E-state index contributed by atoms with van der Waals surface area (Å²) in [5, 5.41) is 7.56. The van der Waals surface area contributed by atoms with Crippen molar-refractivity contribution in [2.75, 3.05) is 6.54 Å². The van der Waals surface area contributed by atoms with Crippen LogP contribution in [0.3, 0.4) is 0 Å². The molecular weight excluding hydrogens is 174 g/mol. The van der Waals surface area contributed by atoms with Crippen LogP contribution in [0.5, 0.6) is 0 Å². The van der Waals surface area contributed by atoms with Gasteiger partial charge in [0.1, 0.15) is 0 Å². The second-order valence-electron chi connectivity index (χ2n) is 3.18. The van der Waals surface area contributed by atoms with Crippen molar-refractivity contribution in [1.82, 2.24) is 15.1 Å². The van der Waals surface area contributed by atoms with E-state index in [0.717, 1.165) is 32.5 Å². The lowest BCUT2D eigenvalue weighted by molar-refractivity contribution is 0.564. The highest BCUT2D eigenvalue weighted by Gasteiger charge is 1.99. The number of nitrogens with one attached hydrogen (secondary N) is 1. The van der Waals surface area contributed by atoms with Gasteiger partial charge in [-0.05, 0) is 19.0 Å². The number of rotatable bonds is 6. The second kappa shape index (κ2) is 6.22. The third-order valence-corrected chi connectivity index (χ3v) is 2.01. The highest BCUT2D eigenvalue weighted by atomic mass is 15.3. The van der Waals surface area contributed by atoms with Crippen LogP contribution in [0.15, 0.2) is 12.3 Å². The summed E-state index contributed by atoms with van der Waals surface area (Å²) in [7, 11) is 0. The van der Waals surface area contributed by atoms with E-state index in [9.17, 15) is 0 Å². The van der Waals surface area contributed by atoms with E-state index in [-0.39, 0.29) is 0 Å². The number of nitrogens with zero attached hydrogens (tertiary/aromatic N) is 2. The fourth-order valence-electron chi connectivity index (χ4n) is 1.28. The van der Waals surface area contributed by atoms with Crippen molar-refractivity contribution in [1.29, 1.82) is 0 Å². The Kier molecular flexibility index (Phi) is 4.81. The summed E-state index contributed by atoms with van der Waals surface area (Å²) in [4.78, 5) is 0. The van der Waals surface area contributed by atoms with Crippen molar-refractivity contribution in [3.8, 4) is 12.3 Å². The monoisotopic (exact) mass is 191 g/mol. The van der Waals surface area contributed by atoms with Gasteiger partial charge in [0, 0.05) is 19.2 Å². The lowest BCUT2D eigenvalue weighted by Gasteiger charge is -2.06. The van der Waals surface area contributed by atoms with Crippen molar-refractivity contribution >= 4 is 0 Å². The van der Waals surface area contributed by atoms with Crippen LogP contribution in [0.4, 0.5) is 0 Å². The van der Waals surface area contributed by atoms with E-state index in [2.05, 4.69) is 23.3 Å². The molecule has 0 aliphatic carbocycles. The van der Waals surface area contributed by atoms with Gasteiger partial charge in [0.15, 0.2) is 0 Å². The molecule has 0 radical (unpaired) electrons. The van der Waals surface area contributed by atoms with Crippen LogP contribution in [0.25, 0.3) is 0 Å². The van der Waals surface area contributed by atoms with Gasteiger partial charge in [-0.1, -0.05) is 6.92 Å². The number of hydrogen-bond acceptors (Lipinski definition) is 2. The maximum absolute atomic E-state index is 5.21. The molecule has 0 saturated heterocycles.